The van der Waals surface area contributed by atoms with Gasteiger partial charge in [0.2, 0.25) is 0 Å². The molecule has 0 radical (unpaired) electrons. The van der Waals surface area contributed by atoms with Crippen LogP contribution in [0.1, 0.15) is 42.0 Å². The Labute approximate surface area is 223 Å². The summed E-state index contributed by atoms with van der Waals surface area (Å²) in [5, 5.41) is 5.88. The third kappa shape index (κ3) is 8.74. The smallest absolute Gasteiger partial charge is 0.416 e. The van der Waals surface area contributed by atoms with Crippen molar-refractivity contribution < 1.29 is 35.9 Å². The summed E-state index contributed by atoms with van der Waals surface area (Å²) in [4.78, 5) is 13.5. The quantitative estimate of drug-likeness (QED) is 0.243. The molecule has 0 aromatic heterocycles. The van der Waals surface area contributed by atoms with E-state index < -0.39 is 35.0 Å². The van der Waals surface area contributed by atoms with Gasteiger partial charge in [-0.15, -0.1) is 0 Å². The van der Waals surface area contributed by atoms with Gasteiger partial charge in [0.15, 0.2) is 5.60 Å². The fraction of sp³-hybridized carbons (Fsp3) is 0.345. The normalized spacial score (nSPS) is 13.5. The van der Waals surface area contributed by atoms with E-state index in [1.165, 1.54) is 12.1 Å². The Morgan fingerprint density at radius 3 is 2.05 bits per heavy atom. The lowest BCUT2D eigenvalue weighted by Crippen LogP contribution is -2.57. The second-order valence-electron chi connectivity index (χ2n) is 9.16. The molecule has 3 rings (SSSR count). The van der Waals surface area contributed by atoms with Crippen molar-refractivity contribution >= 4 is 5.91 Å². The van der Waals surface area contributed by atoms with E-state index >= 15 is 0 Å². The molecular weight excluding hydrogens is 522 g/mol. The first-order valence-electron chi connectivity index (χ1n) is 12.5. The SMILES string of the molecule is CCCC(CNCc1cccc(C(F)(F)F)c1)(Oc1ccc(C(F)(F)F)cc1)C(=O)NCCc1ccccc1. The van der Waals surface area contributed by atoms with Crippen LogP contribution in [0, 0.1) is 0 Å². The summed E-state index contributed by atoms with van der Waals surface area (Å²) in [6.45, 7) is 2.05. The molecule has 0 spiro atoms. The lowest BCUT2D eigenvalue weighted by molar-refractivity contribution is -0.139. The summed E-state index contributed by atoms with van der Waals surface area (Å²) in [7, 11) is 0. The molecule has 210 valence electrons. The van der Waals surface area contributed by atoms with Crippen molar-refractivity contribution in [2.24, 2.45) is 0 Å². The van der Waals surface area contributed by atoms with Gasteiger partial charge in [0.25, 0.3) is 5.91 Å². The van der Waals surface area contributed by atoms with E-state index in [9.17, 15) is 31.1 Å². The van der Waals surface area contributed by atoms with Gasteiger partial charge >= 0.3 is 12.4 Å². The molecule has 3 aromatic rings. The van der Waals surface area contributed by atoms with Crippen molar-refractivity contribution in [3.63, 3.8) is 0 Å². The van der Waals surface area contributed by atoms with Crippen molar-refractivity contribution in [3.8, 4) is 5.75 Å². The van der Waals surface area contributed by atoms with E-state index in [2.05, 4.69) is 10.6 Å². The number of halogens is 6. The van der Waals surface area contributed by atoms with Crippen LogP contribution in [-0.4, -0.2) is 24.6 Å². The van der Waals surface area contributed by atoms with Crippen LogP contribution >= 0.6 is 0 Å². The fourth-order valence-electron chi connectivity index (χ4n) is 4.15. The molecule has 0 fully saturated rings. The molecule has 1 unspecified atom stereocenters. The molecule has 2 N–H and O–H groups in total. The highest BCUT2D eigenvalue weighted by atomic mass is 19.4. The molecule has 1 amide bonds. The summed E-state index contributed by atoms with van der Waals surface area (Å²) in [6.07, 6.45) is -7.77. The number of rotatable bonds is 12. The summed E-state index contributed by atoms with van der Waals surface area (Å²) in [6, 6.07) is 18.3. The minimum atomic E-state index is -4.53. The maximum absolute atomic E-state index is 13.5. The van der Waals surface area contributed by atoms with E-state index in [-0.39, 0.29) is 31.8 Å². The fourth-order valence-corrected chi connectivity index (χ4v) is 4.15. The molecule has 0 saturated heterocycles. The average molecular weight is 553 g/mol. The zero-order valence-electron chi connectivity index (χ0n) is 21.3. The number of hydrogen-bond donors (Lipinski definition) is 2. The van der Waals surface area contributed by atoms with Crippen LogP contribution in [0.25, 0.3) is 0 Å². The monoisotopic (exact) mass is 552 g/mol. The second-order valence-corrected chi connectivity index (χ2v) is 9.16. The van der Waals surface area contributed by atoms with Crippen LogP contribution in [0.3, 0.4) is 0 Å². The highest BCUT2D eigenvalue weighted by Gasteiger charge is 2.40. The van der Waals surface area contributed by atoms with Gasteiger partial charge in [-0.2, -0.15) is 26.3 Å². The number of alkyl halides is 6. The van der Waals surface area contributed by atoms with Gasteiger partial charge in [-0.3, -0.25) is 4.79 Å². The summed E-state index contributed by atoms with van der Waals surface area (Å²) in [5.41, 5.74) is -1.81. The Kier molecular flexibility index (Phi) is 10.0. The van der Waals surface area contributed by atoms with Crippen LogP contribution in [0.15, 0.2) is 78.9 Å². The highest BCUT2D eigenvalue weighted by molar-refractivity contribution is 5.86. The highest BCUT2D eigenvalue weighted by Crippen LogP contribution is 2.32. The van der Waals surface area contributed by atoms with E-state index in [4.69, 9.17) is 4.74 Å². The average Bonchev–Trinajstić information content (AvgIpc) is 2.89. The predicted octanol–water partition coefficient (Wildman–Crippen LogP) is 6.79. The molecule has 0 aliphatic rings. The van der Waals surface area contributed by atoms with E-state index in [1.54, 1.807) is 0 Å². The molecule has 0 bridgehead atoms. The Morgan fingerprint density at radius 2 is 1.44 bits per heavy atom. The second kappa shape index (κ2) is 13.0. The lowest BCUT2D eigenvalue weighted by Gasteiger charge is -2.33. The van der Waals surface area contributed by atoms with Gasteiger partial charge in [-0.1, -0.05) is 61.9 Å². The first-order chi connectivity index (χ1) is 18.4. The van der Waals surface area contributed by atoms with Gasteiger partial charge in [-0.25, -0.2) is 0 Å². The van der Waals surface area contributed by atoms with Gasteiger partial charge in [0.1, 0.15) is 5.75 Å². The lowest BCUT2D eigenvalue weighted by atomic mass is 9.95. The van der Waals surface area contributed by atoms with Crippen molar-refractivity contribution in [2.75, 3.05) is 13.1 Å². The van der Waals surface area contributed by atoms with Crippen molar-refractivity contribution in [1.82, 2.24) is 10.6 Å². The standard InChI is InChI=1S/C29H30F6N2O2/c1-2-16-27(26(38)37-17-15-21-7-4-3-5-8-21,39-25-13-11-23(12-14-25)28(30,31)32)20-36-19-22-9-6-10-24(18-22)29(33,34)35/h3-14,18,36H,2,15-17,19-20H2,1H3,(H,37,38). The zero-order chi connectivity index (χ0) is 28.5. The number of hydrogen-bond acceptors (Lipinski definition) is 3. The van der Waals surface area contributed by atoms with Gasteiger partial charge in [0, 0.05) is 19.6 Å². The molecule has 1 atom stereocenters. The topological polar surface area (TPSA) is 50.4 Å². The molecule has 0 aliphatic heterocycles. The number of ether oxygens (including phenoxy) is 1. The van der Waals surface area contributed by atoms with Crippen LogP contribution in [0.2, 0.25) is 0 Å². The molecular formula is C29H30F6N2O2. The summed E-state index contributed by atoms with van der Waals surface area (Å²) >= 11 is 0. The number of amides is 1. The number of benzene rings is 3. The minimum absolute atomic E-state index is 0.0169. The first-order valence-corrected chi connectivity index (χ1v) is 12.5. The molecule has 0 aliphatic carbocycles. The Bertz CT molecular complexity index is 1200. The van der Waals surface area contributed by atoms with Crippen LogP contribution < -0.4 is 15.4 Å². The summed E-state index contributed by atoms with van der Waals surface area (Å²) in [5.74, 6) is -0.410. The first kappa shape index (κ1) is 30.0. The molecule has 0 saturated carbocycles. The Hall–Kier alpha value is -3.53. The number of nitrogens with one attached hydrogen (secondary N) is 2. The predicted molar refractivity (Wildman–Crippen MR) is 136 cm³/mol. The Morgan fingerprint density at radius 1 is 0.795 bits per heavy atom. The molecule has 39 heavy (non-hydrogen) atoms. The Balaban J connectivity index is 1.80. The van der Waals surface area contributed by atoms with E-state index in [1.807, 2.05) is 37.3 Å². The largest absolute Gasteiger partial charge is 0.476 e. The number of carbonyl (C=O) groups is 1. The van der Waals surface area contributed by atoms with E-state index in [0.717, 1.165) is 42.0 Å². The summed E-state index contributed by atoms with van der Waals surface area (Å²) < 4.78 is 84.5. The van der Waals surface area contributed by atoms with Gasteiger partial charge in [0.05, 0.1) is 11.1 Å². The van der Waals surface area contributed by atoms with E-state index in [0.29, 0.717) is 18.4 Å². The van der Waals surface area contributed by atoms with Crippen LogP contribution in [0.5, 0.6) is 5.75 Å². The third-order valence-corrected chi connectivity index (χ3v) is 6.10. The molecule has 3 aromatic carbocycles. The van der Waals surface area contributed by atoms with Gasteiger partial charge < -0.3 is 15.4 Å². The maximum atomic E-state index is 13.5. The third-order valence-electron chi connectivity index (χ3n) is 6.10. The van der Waals surface area contributed by atoms with Crippen LogP contribution in [0.4, 0.5) is 26.3 Å². The molecule has 10 heteroatoms. The molecule has 4 nitrogen and oxygen atoms in total. The van der Waals surface area contributed by atoms with Crippen molar-refractivity contribution in [2.45, 2.75) is 50.7 Å². The van der Waals surface area contributed by atoms with Crippen LogP contribution in [-0.2, 0) is 30.1 Å². The maximum Gasteiger partial charge on any atom is 0.416 e. The molecule has 0 heterocycles. The van der Waals surface area contributed by atoms with Crippen molar-refractivity contribution in [3.05, 3.63) is 101 Å². The minimum Gasteiger partial charge on any atom is -0.476 e. The van der Waals surface area contributed by atoms with Gasteiger partial charge in [-0.05, 0) is 54.3 Å². The van der Waals surface area contributed by atoms with Crippen molar-refractivity contribution in [1.29, 1.82) is 0 Å². The number of carbonyl (C=O) groups excluding carboxylic acids is 1. The zero-order valence-corrected chi connectivity index (χ0v) is 21.3.